The normalized spacial score (nSPS) is 17.7. The Kier molecular flexibility index (Phi) is 7.07. The lowest BCUT2D eigenvalue weighted by Gasteiger charge is -2.39. The number of para-hydroxylation sites is 1. The molecule has 35 heavy (non-hydrogen) atoms. The number of hydrogen-bond acceptors (Lipinski definition) is 6. The van der Waals surface area contributed by atoms with E-state index in [2.05, 4.69) is 26.6 Å². The lowest BCUT2D eigenvalue weighted by atomic mass is 9.77. The van der Waals surface area contributed by atoms with Gasteiger partial charge in [-0.15, -0.1) is 0 Å². The maximum Gasteiger partial charge on any atom is 0.335 e. The highest BCUT2D eigenvalue weighted by atomic mass is 79.9. The molecule has 4 amide bonds. The van der Waals surface area contributed by atoms with Crippen LogP contribution in [0.15, 0.2) is 77.3 Å². The number of carbonyl (C=O) groups excluding carboxylic acids is 3. The molecule has 1 heterocycles. The lowest BCUT2D eigenvalue weighted by molar-refractivity contribution is -0.141. The van der Waals surface area contributed by atoms with E-state index in [-0.39, 0.29) is 13.0 Å². The van der Waals surface area contributed by atoms with Crippen LogP contribution in [-0.4, -0.2) is 38.6 Å². The molecule has 0 radical (unpaired) electrons. The van der Waals surface area contributed by atoms with Gasteiger partial charge in [0.1, 0.15) is 5.41 Å². The zero-order chi connectivity index (χ0) is 25.0. The van der Waals surface area contributed by atoms with Gasteiger partial charge in [0.05, 0.1) is 19.9 Å². The third-order valence-corrected chi connectivity index (χ3v) is 6.41. The van der Waals surface area contributed by atoms with Crippen molar-refractivity contribution in [3.63, 3.8) is 0 Å². The second kappa shape index (κ2) is 10.2. The Morgan fingerprint density at radius 1 is 0.914 bits per heavy atom. The molecule has 1 aliphatic heterocycles. The maximum atomic E-state index is 14.0. The van der Waals surface area contributed by atoms with Crippen molar-refractivity contribution >= 4 is 45.2 Å². The summed E-state index contributed by atoms with van der Waals surface area (Å²) in [5, 5.41) is 5.59. The lowest BCUT2D eigenvalue weighted by Crippen LogP contribution is -2.67. The predicted octanol–water partition coefficient (Wildman–Crippen LogP) is 4.39. The molecule has 1 fully saturated rings. The first-order valence-electron chi connectivity index (χ1n) is 10.8. The first kappa shape index (κ1) is 24.3. The van der Waals surface area contributed by atoms with E-state index in [1.54, 1.807) is 48.5 Å². The zero-order valence-corrected chi connectivity index (χ0v) is 20.8. The molecule has 3 aromatic carbocycles. The van der Waals surface area contributed by atoms with Crippen LogP contribution in [0.5, 0.6) is 11.5 Å². The summed E-state index contributed by atoms with van der Waals surface area (Å²) in [5.74, 6) is -0.282. The monoisotopic (exact) mass is 537 g/mol. The highest BCUT2D eigenvalue weighted by Crippen LogP contribution is 2.36. The van der Waals surface area contributed by atoms with Gasteiger partial charge in [-0.25, -0.2) is 9.69 Å². The molecule has 180 valence electrons. The summed E-state index contributed by atoms with van der Waals surface area (Å²) >= 11 is 3.40. The van der Waals surface area contributed by atoms with E-state index in [0.29, 0.717) is 22.7 Å². The minimum atomic E-state index is -1.61. The molecule has 4 rings (SSSR count). The van der Waals surface area contributed by atoms with Crippen molar-refractivity contribution in [2.75, 3.05) is 31.0 Å². The van der Waals surface area contributed by atoms with Crippen LogP contribution in [0.4, 0.5) is 16.2 Å². The van der Waals surface area contributed by atoms with Crippen LogP contribution in [0.25, 0.3) is 0 Å². The van der Waals surface area contributed by atoms with Gasteiger partial charge in [-0.1, -0.05) is 40.2 Å². The molecule has 0 aliphatic carbocycles. The van der Waals surface area contributed by atoms with Crippen molar-refractivity contribution in [3.8, 4) is 11.5 Å². The zero-order valence-electron chi connectivity index (χ0n) is 19.2. The Hall–Kier alpha value is -3.85. The SMILES string of the molecule is COc1ccc(C[C@]2(CNc3ccc(Br)cc3)C(=O)NC(=O)N(c3ccccc3)C2=O)cc1OC. The van der Waals surface area contributed by atoms with Crippen LogP contribution in [0.2, 0.25) is 0 Å². The number of urea groups is 1. The van der Waals surface area contributed by atoms with Gasteiger partial charge in [-0.3, -0.25) is 14.9 Å². The number of carbonyl (C=O) groups is 3. The number of imide groups is 2. The first-order valence-corrected chi connectivity index (χ1v) is 11.6. The summed E-state index contributed by atoms with van der Waals surface area (Å²) in [6, 6.07) is 20.3. The van der Waals surface area contributed by atoms with E-state index in [1.165, 1.54) is 14.2 Å². The molecule has 1 saturated heterocycles. The molecule has 8 nitrogen and oxygen atoms in total. The third kappa shape index (κ3) is 4.85. The molecule has 3 aromatic rings. The van der Waals surface area contributed by atoms with Crippen LogP contribution in [-0.2, 0) is 16.0 Å². The van der Waals surface area contributed by atoms with E-state index in [0.717, 1.165) is 15.1 Å². The Labute approximate surface area is 211 Å². The first-order chi connectivity index (χ1) is 16.9. The number of halogens is 1. The quantitative estimate of drug-likeness (QED) is 0.413. The molecule has 1 atom stereocenters. The summed E-state index contributed by atoms with van der Waals surface area (Å²) in [5.41, 5.74) is 0.161. The second-order valence-corrected chi connectivity index (χ2v) is 8.96. The van der Waals surface area contributed by atoms with E-state index < -0.39 is 23.3 Å². The second-order valence-electron chi connectivity index (χ2n) is 8.04. The van der Waals surface area contributed by atoms with Crippen molar-refractivity contribution < 1.29 is 23.9 Å². The summed E-state index contributed by atoms with van der Waals surface area (Å²) < 4.78 is 11.6. The summed E-state index contributed by atoms with van der Waals surface area (Å²) in [6.07, 6.45) is 0.0260. The van der Waals surface area contributed by atoms with Crippen molar-refractivity contribution in [1.29, 1.82) is 0 Å². The third-order valence-electron chi connectivity index (χ3n) is 5.88. The van der Waals surface area contributed by atoms with E-state index in [1.807, 2.05) is 24.3 Å². The maximum absolute atomic E-state index is 14.0. The molecule has 9 heteroatoms. The van der Waals surface area contributed by atoms with E-state index in [4.69, 9.17) is 9.47 Å². The van der Waals surface area contributed by atoms with E-state index >= 15 is 0 Å². The smallest absolute Gasteiger partial charge is 0.335 e. The number of ether oxygens (including phenoxy) is 2. The number of hydrogen-bond donors (Lipinski definition) is 2. The van der Waals surface area contributed by atoms with Gasteiger partial charge in [-0.2, -0.15) is 0 Å². The average Bonchev–Trinajstić information content (AvgIpc) is 2.87. The Morgan fingerprint density at radius 2 is 1.60 bits per heavy atom. The van der Waals surface area contributed by atoms with Crippen molar-refractivity contribution in [2.45, 2.75) is 6.42 Å². The van der Waals surface area contributed by atoms with Gasteiger partial charge < -0.3 is 14.8 Å². The van der Waals surface area contributed by atoms with Crippen LogP contribution >= 0.6 is 15.9 Å². The topological polar surface area (TPSA) is 97.0 Å². The molecule has 0 aromatic heterocycles. The summed E-state index contributed by atoms with van der Waals surface area (Å²) in [6.45, 7) is -0.0374. The van der Waals surface area contributed by atoms with Crippen molar-refractivity contribution in [3.05, 3.63) is 82.8 Å². The molecule has 0 saturated carbocycles. The van der Waals surface area contributed by atoms with Crippen LogP contribution < -0.4 is 25.0 Å². The van der Waals surface area contributed by atoms with Gasteiger partial charge in [0, 0.05) is 16.7 Å². The largest absolute Gasteiger partial charge is 0.493 e. The number of anilines is 2. The molecular weight excluding hydrogens is 514 g/mol. The number of nitrogens with zero attached hydrogens (tertiary/aromatic N) is 1. The minimum absolute atomic E-state index is 0.0260. The highest BCUT2D eigenvalue weighted by molar-refractivity contribution is 9.10. The van der Waals surface area contributed by atoms with Gasteiger partial charge >= 0.3 is 6.03 Å². The van der Waals surface area contributed by atoms with Crippen LogP contribution in [0.1, 0.15) is 5.56 Å². The average molecular weight is 538 g/mol. The number of barbiturate groups is 1. The molecule has 2 N–H and O–H groups in total. The van der Waals surface area contributed by atoms with Gasteiger partial charge in [0.15, 0.2) is 11.5 Å². The van der Waals surface area contributed by atoms with Gasteiger partial charge in [-0.05, 0) is 60.5 Å². The van der Waals surface area contributed by atoms with Gasteiger partial charge in [0.25, 0.3) is 5.91 Å². The highest BCUT2D eigenvalue weighted by Gasteiger charge is 2.54. The molecule has 0 spiro atoms. The standard InChI is InChI=1S/C26H24BrN3O5/c1-34-21-13-8-17(14-22(21)35-2)15-26(16-28-19-11-9-18(27)10-12-19)23(31)29-25(33)30(24(26)32)20-6-4-3-5-7-20/h3-14,28H,15-16H2,1-2H3,(H,29,31,33)/t26-/m0/s1. The van der Waals surface area contributed by atoms with E-state index in [9.17, 15) is 14.4 Å². The fourth-order valence-corrected chi connectivity index (χ4v) is 4.29. The fourth-order valence-electron chi connectivity index (χ4n) is 4.02. The fraction of sp³-hybridized carbons (Fsp3) is 0.192. The Morgan fingerprint density at radius 3 is 2.26 bits per heavy atom. The molecule has 0 unspecified atom stereocenters. The summed E-state index contributed by atoms with van der Waals surface area (Å²) in [4.78, 5) is 41.1. The molecule has 1 aliphatic rings. The number of methoxy groups -OCH3 is 2. The van der Waals surface area contributed by atoms with Gasteiger partial charge in [0.2, 0.25) is 5.91 Å². The number of rotatable bonds is 8. The number of benzene rings is 3. The summed E-state index contributed by atoms with van der Waals surface area (Å²) in [7, 11) is 3.05. The van der Waals surface area contributed by atoms with Crippen molar-refractivity contribution in [1.82, 2.24) is 5.32 Å². The van der Waals surface area contributed by atoms with Crippen LogP contribution in [0, 0.1) is 5.41 Å². The number of amides is 4. The predicted molar refractivity (Wildman–Crippen MR) is 136 cm³/mol. The molecule has 0 bridgehead atoms. The van der Waals surface area contributed by atoms with Crippen molar-refractivity contribution in [2.24, 2.45) is 5.41 Å². The Bertz CT molecular complexity index is 1250. The Balaban J connectivity index is 1.76. The van der Waals surface area contributed by atoms with Crippen LogP contribution in [0.3, 0.4) is 0 Å². The minimum Gasteiger partial charge on any atom is -0.493 e. The molecular formula is C26H24BrN3O5. The number of nitrogens with one attached hydrogen (secondary N) is 2.